The third-order valence-corrected chi connectivity index (χ3v) is 1.36. The van der Waals surface area contributed by atoms with E-state index in [2.05, 4.69) is 11.4 Å². The van der Waals surface area contributed by atoms with Gasteiger partial charge in [-0.2, -0.15) is 0 Å². The third kappa shape index (κ3) is 3.02. The van der Waals surface area contributed by atoms with Gasteiger partial charge in [-0.05, 0) is 19.1 Å². The highest BCUT2D eigenvalue weighted by Gasteiger charge is 2.22. The van der Waals surface area contributed by atoms with Gasteiger partial charge < -0.3 is 0 Å². The van der Waals surface area contributed by atoms with Crippen molar-refractivity contribution in [3.63, 3.8) is 0 Å². The van der Waals surface area contributed by atoms with Crippen molar-refractivity contribution in [1.29, 1.82) is 0 Å². The van der Waals surface area contributed by atoms with Gasteiger partial charge in [-0.1, -0.05) is 12.7 Å². The minimum Gasteiger partial charge on any atom is -0.298 e. The van der Waals surface area contributed by atoms with Gasteiger partial charge in [0, 0.05) is 0 Å². The van der Waals surface area contributed by atoms with Crippen LogP contribution < -0.4 is 0 Å². The fraction of sp³-hybridized carbons (Fsp3) is 0.222. The van der Waals surface area contributed by atoms with Crippen molar-refractivity contribution < 1.29 is 14.6 Å². The van der Waals surface area contributed by atoms with Crippen molar-refractivity contribution in [2.75, 3.05) is 7.11 Å². The van der Waals surface area contributed by atoms with Crippen molar-refractivity contribution in [1.82, 2.24) is 0 Å². The first-order chi connectivity index (χ1) is 6.21. The maximum Gasteiger partial charge on any atom is 0.322 e. The molecule has 0 heterocycles. The standard InChI is InChI=1S/C9H12NO3/c1-4-6-8(7-11)9(5-2)10(12)13-3/h4-7H,1H2,2-3H3/q+1/b8-6-,9-5+. The first-order valence-electron chi connectivity index (χ1n) is 3.67. The first-order valence-corrected chi connectivity index (χ1v) is 3.67. The summed E-state index contributed by atoms with van der Waals surface area (Å²) in [7, 11) is 1.23. The second-order valence-electron chi connectivity index (χ2n) is 2.09. The molecule has 0 aliphatic carbocycles. The molecule has 4 heteroatoms. The number of rotatable bonds is 5. The molecule has 0 aromatic carbocycles. The maximum atomic E-state index is 11.0. The predicted molar refractivity (Wildman–Crippen MR) is 48.7 cm³/mol. The Kier molecular flexibility index (Phi) is 5.11. The summed E-state index contributed by atoms with van der Waals surface area (Å²) in [6.07, 6.45) is 4.92. The van der Waals surface area contributed by atoms with Crippen LogP contribution in [0.1, 0.15) is 6.92 Å². The molecule has 4 nitrogen and oxygen atoms in total. The Morgan fingerprint density at radius 1 is 1.54 bits per heavy atom. The molecule has 0 aliphatic heterocycles. The van der Waals surface area contributed by atoms with Gasteiger partial charge in [-0.25, -0.2) is 4.84 Å². The van der Waals surface area contributed by atoms with E-state index < -0.39 is 0 Å². The summed E-state index contributed by atoms with van der Waals surface area (Å²) in [6, 6.07) is 0. The van der Waals surface area contributed by atoms with Crippen molar-refractivity contribution in [3.8, 4) is 0 Å². The zero-order valence-corrected chi connectivity index (χ0v) is 7.69. The van der Waals surface area contributed by atoms with E-state index in [4.69, 9.17) is 0 Å². The molecule has 0 aliphatic rings. The predicted octanol–water partition coefficient (Wildman–Crippen LogP) is 1.54. The SMILES string of the molecule is C=C/C=C(C=O)\C(=C/C)[N+](=O)OC. The van der Waals surface area contributed by atoms with Crippen molar-refractivity contribution in [3.05, 3.63) is 41.0 Å². The lowest BCUT2D eigenvalue weighted by molar-refractivity contribution is -0.758. The van der Waals surface area contributed by atoms with E-state index in [1.165, 1.54) is 25.3 Å². The third-order valence-electron chi connectivity index (χ3n) is 1.36. The Morgan fingerprint density at radius 2 is 2.15 bits per heavy atom. The number of allylic oxidation sites excluding steroid dienone is 4. The Labute approximate surface area is 76.7 Å². The fourth-order valence-electron chi connectivity index (χ4n) is 0.788. The van der Waals surface area contributed by atoms with Gasteiger partial charge in [0.05, 0.1) is 10.5 Å². The van der Waals surface area contributed by atoms with Crippen LogP contribution in [-0.4, -0.2) is 18.3 Å². The van der Waals surface area contributed by atoms with Crippen LogP contribution in [0.2, 0.25) is 0 Å². The number of carbonyl (C=O) groups is 1. The Bertz CT molecular complexity index is 277. The molecule has 0 spiro atoms. The molecular weight excluding hydrogens is 170 g/mol. The molecule has 0 N–H and O–H groups in total. The molecule has 13 heavy (non-hydrogen) atoms. The highest BCUT2D eigenvalue weighted by atomic mass is 16.8. The minimum absolute atomic E-state index is 0.164. The van der Waals surface area contributed by atoms with Crippen LogP contribution in [0.25, 0.3) is 0 Å². The number of hydrogen-bond donors (Lipinski definition) is 0. The van der Waals surface area contributed by atoms with E-state index in [0.717, 1.165) is 0 Å². The Hall–Kier alpha value is -1.71. The largest absolute Gasteiger partial charge is 0.322 e. The summed E-state index contributed by atoms with van der Waals surface area (Å²) in [4.78, 5) is 26.2. The topological polar surface area (TPSA) is 46.4 Å². The first kappa shape index (κ1) is 11.3. The van der Waals surface area contributed by atoms with Crippen LogP contribution in [0.4, 0.5) is 0 Å². The van der Waals surface area contributed by atoms with Crippen LogP contribution in [-0.2, 0) is 9.63 Å². The summed E-state index contributed by atoms with van der Waals surface area (Å²) in [6.45, 7) is 5.06. The molecule has 70 valence electrons. The highest BCUT2D eigenvalue weighted by molar-refractivity contribution is 5.79. The molecule has 0 saturated heterocycles. The zero-order valence-electron chi connectivity index (χ0n) is 7.69. The van der Waals surface area contributed by atoms with Gasteiger partial charge >= 0.3 is 5.70 Å². The maximum absolute atomic E-state index is 11.0. The quantitative estimate of drug-likeness (QED) is 0.280. The van der Waals surface area contributed by atoms with E-state index in [9.17, 15) is 9.70 Å². The average Bonchev–Trinajstić information content (AvgIpc) is 2.17. The normalized spacial score (nSPS) is 12.2. The molecule has 0 rings (SSSR count). The monoisotopic (exact) mass is 182 g/mol. The van der Waals surface area contributed by atoms with E-state index in [1.54, 1.807) is 6.92 Å². The smallest absolute Gasteiger partial charge is 0.298 e. The van der Waals surface area contributed by atoms with Crippen LogP contribution in [0.15, 0.2) is 36.1 Å². The van der Waals surface area contributed by atoms with E-state index in [0.29, 0.717) is 6.29 Å². The lowest BCUT2D eigenvalue weighted by atomic mass is 10.2. The number of aldehydes is 1. The van der Waals surface area contributed by atoms with Gasteiger partial charge in [-0.15, -0.1) is 0 Å². The van der Waals surface area contributed by atoms with Crippen LogP contribution in [0.3, 0.4) is 0 Å². The lowest BCUT2D eigenvalue weighted by Crippen LogP contribution is -2.08. The lowest BCUT2D eigenvalue weighted by Gasteiger charge is -1.91. The van der Waals surface area contributed by atoms with Gasteiger partial charge in [0.2, 0.25) is 0 Å². The van der Waals surface area contributed by atoms with Crippen molar-refractivity contribution >= 4 is 6.29 Å². The minimum atomic E-state index is 0.164. The number of carbonyl (C=O) groups excluding carboxylic acids is 1. The Morgan fingerprint density at radius 3 is 2.46 bits per heavy atom. The highest BCUT2D eigenvalue weighted by Crippen LogP contribution is 2.08. The number of nitrogens with zero attached hydrogens (tertiary/aromatic N) is 1. The molecule has 0 amide bonds. The van der Waals surface area contributed by atoms with Gasteiger partial charge in [0.25, 0.3) is 4.92 Å². The molecule has 0 unspecified atom stereocenters. The van der Waals surface area contributed by atoms with Gasteiger partial charge in [0.1, 0.15) is 0 Å². The average molecular weight is 182 g/mol. The van der Waals surface area contributed by atoms with Gasteiger partial charge in [-0.3, -0.25) is 4.79 Å². The van der Waals surface area contributed by atoms with Crippen LogP contribution >= 0.6 is 0 Å². The number of hydrogen-bond acceptors (Lipinski definition) is 3. The molecular formula is C9H12NO3+. The molecule has 0 atom stereocenters. The molecule has 0 fully saturated rings. The second kappa shape index (κ2) is 5.88. The summed E-state index contributed by atoms with van der Waals surface area (Å²) in [5, 5.41) is 0. The van der Waals surface area contributed by atoms with Crippen molar-refractivity contribution in [2.24, 2.45) is 0 Å². The summed E-state index contributed by atoms with van der Waals surface area (Å²) < 4.78 is 0. The molecule has 0 radical (unpaired) electrons. The van der Waals surface area contributed by atoms with Gasteiger partial charge in [0.15, 0.2) is 13.4 Å². The van der Waals surface area contributed by atoms with E-state index in [-0.39, 0.29) is 16.2 Å². The van der Waals surface area contributed by atoms with Crippen LogP contribution in [0.5, 0.6) is 0 Å². The van der Waals surface area contributed by atoms with E-state index >= 15 is 0 Å². The van der Waals surface area contributed by atoms with Crippen LogP contribution in [0, 0.1) is 4.91 Å². The summed E-state index contributed by atoms with van der Waals surface area (Å²) in [5.74, 6) is 0. The second-order valence-corrected chi connectivity index (χ2v) is 2.09. The summed E-state index contributed by atoms with van der Waals surface area (Å²) >= 11 is 0. The molecule has 0 saturated carbocycles. The zero-order chi connectivity index (χ0) is 10.3. The molecule has 0 bridgehead atoms. The molecule has 0 aromatic rings. The molecule has 0 aromatic heterocycles. The summed E-state index contributed by atoms with van der Waals surface area (Å²) in [5.41, 5.74) is 0.395. The fourth-order valence-corrected chi connectivity index (χ4v) is 0.788. The van der Waals surface area contributed by atoms with Crippen molar-refractivity contribution in [2.45, 2.75) is 6.92 Å². The van der Waals surface area contributed by atoms with E-state index in [1.807, 2.05) is 0 Å². The Balaban J connectivity index is 4.97.